The van der Waals surface area contributed by atoms with Crippen LogP contribution in [0.3, 0.4) is 0 Å². The number of hydrogen-bond acceptors (Lipinski definition) is 4. The van der Waals surface area contributed by atoms with Crippen LogP contribution in [0.2, 0.25) is 5.02 Å². The molecular formula is C18H25ClN4O. The van der Waals surface area contributed by atoms with Crippen molar-refractivity contribution < 1.29 is 4.74 Å². The molecule has 0 saturated carbocycles. The molecule has 0 aliphatic carbocycles. The van der Waals surface area contributed by atoms with E-state index in [9.17, 15) is 0 Å². The number of rotatable bonds is 6. The second-order valence-corrected chi connectivity index (χ2v) is 6.73. The van der Waals surface area contributed by atoms with Crippen molar-refractivity contribution in [3.05, 3.63) is 52.8 Å². The van der Waals surface area contributed by atoms with Crippen molar-refractivity contribution in [3.63, 3.8) is 0 Å². The number of aryl methyl sites for hydroxylation is 1. The fourth-order valence-electron chi connectivity index (χ4n) is 3.13. The number of benzene rings is 1. The Hall–Kier alpha value is -1.40. The van der Waals surface area contributed by atoms with Gasteiger partial charge in [0.25, 0.3) is 0 Å². The third-order valence-electron chi connectivity index (χ3n) is 4.56. The van der Waals surface area contributed by atoms with Crippen molar-refractivity contribution in [2.24, 2.45) is 7.05 Å². The van der Waals surface area contributed by atoms with Crippen LogP contribution in [0.25, 0.3) is 0 Å². The van der Waals surface area contributed by atoms with Crippen LogP contribution in [-0.2, 0) is 11.8 Å². The molecule has 2 atom stereocenters. The topological polar surface area (TPSA) is 42.3 Å². The molecule has 2 aromatic rings. The highest BCUT2D eigenvalue weighted by atomic mass is 35.5. The normalized spacial score (nSPS) is 18.5. The Morgan fingerprint density at radius 1 is 1.29 bits per heavy atom. The SMILES string of the molecule is CC(NCC(c1cccc(Cl)c1)N1CCOCC1)c1cnn(C)c1. The van der Waals surface area contributed by atoms with Crippen molar-refractivity contribution in [3.8, 4) is 0 Å². The molecule has 0 bridgehead atoms. The van der Waals surface area contributed by atoms with E-state index < -0.39 is 0 Å². The number of aromatic nitrogens is 2. The van der Waals surface area contributed by atoms with Crippen LogP contribution in [0.1, 0.15) is 30.1 Å². The van der Waals surface area contributed by atoms with E-state index in [0.29, 0.717) is 0 Å². The highest BCUT2D eigenvalue weighted by Crippen LogP contribution is 2.25. The third kappa shape index (κ3) is 4.36. The number of nitrogens with zero attached hydrogens (tertiary/aromatic N) is 3. The Morgan fingerprint density at radius 3 is 2.75 bits per heavy atom. The zero-order chi connectivity index (χ0) is 16.9. The average Bonchev–Trinajstić information content (AvgIpc) is 3.02. The highest BCUT2D eigenvalue weighted by molar-refractivity contribution is 6.30. The van der Waals surface area contributed by atoms with Crippen LogP contribution < -0.4 is 5.32 Å². The maximum Gasteiger partial charge on any atom is 0.0594 e. The lowest BCUT2D eigenvalue weighted by Gasteiger charge is -2.35. The van der Waals surface area contributed by atoms with Gasteiger partial charge in [0.05, 0.1) is 19.4 Å². The first-order valence-corrected chi connectivity index (χ1v) is 8.80. The summed E-state index contributed by atoms with van der Waals surface area (Å²) in [4.78, 5) is 2.47. The monoisotopic (exact) mass is 348 g/mol. The molecule has 24 heavy (non-hydrogen) atoms. The van der Waals surface area contributed by atoms with E-state index in [1.807, 2.05) is 30.1 Å². The van der Waals surface area contributed by atoms with E-state index in [4.69, 9.17) is 16.3 Å². The molecule has 2 heterocycles. The molecule has 0 spiro atoms. The summed E-state index contributed by atoms with van der Waals surface area (Å²) in [5.74, 6) is 0. The second kappa shape index (κ2) is 8.12. The van der Waals surface area contributed by atoms with E-state index in [1.54, 1.807) is 0 Å². The Balaban J connectivity index is 1.72. The zero-order valence-electron chi connectivity index (χ0n) is 14.3. The Labute approximate surface area is 148 Å². The number of nitrogens with one attached hydrogen (secondary N) is 1. The first-order chi connectivity index (χ1) is 11.6. The summed E-state index contributed by atoms with van der Waals surface area (Å²) < 4.78 is 7.35. The van der Waals surface area contributed by atoms with Gasteiger partial charge in [0.2, 0.25) is 0 Å². The van der Waals surface area contributed by atoms with Crippen LogP contribution in [0.15, 0.2) is 36.7 Å². The lowest BCUT2D eigenvalue weighted by Crippen LogP contribution is -2.43. The molecule has 3 rings (SSSR count). The fourth-order valence-corrected chi connectivity index (χ4v) is 3.33. The van der Waals surface area contributed by atoms with Crippen LogP contribution in [0.4, 0.5) is 0 Å². The van der Waals surface area contributed by atoms with E-state index in [1.165, 1.54) is 11.1 Å². The van der Waals surface area contributed by atoms with Crippen molar-refractivity contribution in [2.45, 2.75) is 19.0 Å². The first-order valence-electron chi connectivity index (χ1n) is 8.42. The van der Waals surface area contributed by atoms with Gasteiger partial charge in [-0.25, -0.2) is 0 Å². The van der Waals surface area contributed by atoms with Crippen LogP contribution in [-0.4, -0.2) is 47.5 Å². The highest BCUT2D eigenvalue weighted by Gasteiger charge is 2.23. The van der Waals surface area contributed by atoms with Gasteiger partial charge in [-0.05, 0) is 24.6 Å². The lowest BCUT2D eigenvalue weighted by molar-refractivity contribution is 0.0157. The van der Waals surface area contributed by atoms with Gasteiger partial charge in [0.15, 0.2) is 0 Å². The summed E-state index contributed by atoms with van der Waals surface area (Å²) >= 11 is 6.21. The standard InChI is InChI=1S/C18H25ClN4O/c1-14(16-11-21-22(2)13-16)20-12-18(23-6-8-24-9-7-23)15-4-3-5-17(19)10-15/h3-5,10-11,13-14,18,20H,6-9,12H2,1-2H3. The molecule has 2 unspecified atom stereocenters. The molecule has 1 aliphatic rings. The van der Waals surface area contributed by atoms with Crippen molar-refractivity contribution in [1.29, 1.82) is 0 Å². The van der Waals surface area contributed by atoms with Gasteiger partial charge in [-0.15, -0.1) is 0 Å². The van der Waals surface area contributed by atoms with Crippen molar-refractivity contribution >= 4 is 11.6 Å². The zero-order valence-corrected chi connectivity index (χ0v) is 15.0. The van der Waals surface area contributed by atoms with Crippen LogP contribution in [0.5, 0.6) is 0 Å². The average molecular weight is 349 g/mol. The summed E-state index contributed by atoms with van der Waals surface area (Å²) in [6.07, 6.45) is 3.97. The van der Waals surface area contributed by atoms with Crippen molar-refractivity contribution in [2.75, 3.05) is 32.8 Å². The van der Waals surface area contributed by atoms with Crippen molar-refractivity contribution in [1.82, 2.24) is 20.0 Å². The minimum atomic E-state index is 0.251. The molecule has 1 aromatic heterocycles. The predicted octanol–water partition coefficient (Wildman–Crippen LogP) is 2.80. The Morgan fingerprint density at radius 2 is 2.08 bits per heavy atom. The first kappa shape index (κ1) is 17.4. The number of hydrogen-bond donors (Lipinski definition) is 1. The summed E-state index contributed by atoms with van der Waals surface area (Å²) in [7, 11) is 1.94. The molecule has 1 aromatic carbocycles. The third-order valence-corrected chi connectivity index (χ3v) is 4.80. The molecule has 1 saturated heterocycles. The van der Waals surface area contributed by atoms with Gasteiger partial charge in [0.1, 0.15) is 0 Å². The molecule has 0 amide bonds. The molecule has 130 valence electrons. The smallest absolute Gasteiger partial charge is 0.0594 e. The van der Waals surface area contributed by atoms with E-state index in [-0.39, 0.29) is 12.1 Å². The molecular weight excluding hydrogens is 324 g/mol. The summed E-state index contributed by atoms with van der Waals surface area (Å²) in [6.45, 7) is 6.49. The molecule has 6 heteroatoms. The van der Waals surface area contributed by atoms with Gasteiger partial charge < -0.3 is 10.1 Å². The molecule has 5 nitrogen and oxygen atoms in total. The second-order valence-electron chi connectivity index (χ2n) is 6.30. The Kier molecular flexibility index (Phi) is 5.89. The van der Waals surface area contributed by atoms with Crippen LogP contribution in [0, 0.1) is 0 Å². The predicted molar refractivity (Wildman–Crippen MR) is 96.2 cm³/mol. The maximum absolute atomic E-state index is 6.21. The lowest BCUT2D eigenvalue weighted by atomic mass is 10.0. The maximum atomic E-state index is 6.21. The molecule has 0 radical (unpaired) electrons. The van der Waals surface area contributed by atoms with Crippen LogP contribution >= 0.6 is 11.6 Å². The van der Waals surface area contributed by atoms with E-state index >= 15 is 0 Å². The summed E-state index contributed by atoms with van der Waals surface area (Å²) in [6, 6.07) is 8.71. The van der Waals surface area contributed by atoms with Gasteiger partial charge >= 0.3 is 0 Å². The number of morpholine rings is 1. The number of ether oxygens (including phenoxy) is 1. The van der Waals surface area contributed by atoms with Gasteiger partial charge in [-0.3, -0.25) is 9.58 Å². The molecule has 1 fully saturated rings. The summed E-state index contributed by atoms with van der Waals surface area (Å²) in [5, 5.41) is 8.69. The minimum absolute atomic E-state index is 0.251. The van der Waals surface area contributed by atoms with Gasteiger partial charge in [0, 0.05) is 55.5 Å². The Bertz CT molecular complexity index is 654. The fraction of sp³-hybridized carbons (Fsp3) is 0.500. The minimum Gasteiger partial charge on any atom is -0.379 e. The molecule has 1 aliphatic heterocycles. The summed E-state index contributed by atoms with van der Waals surface area (Å²) in [5.41, 5.74) is 2.44. The van der Waals surface area contributed by atoms with E-state index in [2.05, 4.69) is 40.6 Å². The quantitative estimate of drug-likeness (QED) is 0.871. The number of halogens is 1. The largest absolute Gasteiger partial charge is 0.379 e. The van der Waals surface area contributed by atoms with Gasteiger partial charge in [-0.1, -0.05) is 23.7 Å². The van der Waals surface area contributed by atoms with Gasteiger partial charge in [-0.2, -0.15) is 5.10 Å². The van der Waals surface area contributed by atoms with E-state index in [0.717, 1.165) is 37.9 Å². The molecule has 1 N–H and O–H groups in total.